The van der Waals surface area contributed by atoms with E-state index in [0.29, 0.717) is 11.8 Å². The van der Waals surface area contributed by atoms with Crippen LogP contribution in [0.2, 0.25) is 0 Å². The molecule has 3 aliphatic rings. The molecule has 1 spiro atoms. The number of para-hydroxylation sites is 2. The van der Waals surface area contributed by atoms with Crippen LogP contribution in [0.15, 0.2) is 206 Å². The summed E-state index contributed by atoms with van der Waals surface area (Å²) in [5, 5.41) is 5.14. The first-order valence-electron chi connectivity index (χ1n) is 22.2. The van der Waals surface area contributed by atoms with Crippen molar-refractivity contribution in [1.29, 1.82) is 0 Å². The summed E-state index contributed by atoms with van der Waals surface area (Å²) in [4.78, 5) is 5.20. The van der Waals surface area contributed by atoms with Crippen LogP contribution in [0.4, 0.5) is 34.1 Å². The molecule has 0 amide bonds. The van der Waals surface area contributed by atoms with E-state index in [2.05, 4.69) is 216 Å². The quantitative estimate of drug-likeness (QED) is 0.158. The lowest BCUT2D eigenvalue weighted by molar-refractivity contribution is 0.350. The van der Waals surface area contributed by atoms with E-state index in [1.54, 1.807) is 0 Å². The molecular weight excluding hydrogens is 769 g/mol. The number of nitrogens with zero attached hydrogens (tertiary/aromatic N) is 2. The topological polar surface area (TPSA) is 6.48 Å². The Morgan fingerprint density at radius 1 is 0.403 bits per heavy atom. The summed E-state index contributed by atoms with van der Waals surface area (Å²) in [5.41, 5.74) is 15.8. The first-order chi connectivity index (χ1) is 30.7. The molecule has 1 saturated carbocycles. The molecule has 296 valence electrons. The molecule has 2 nitrogen and oxygen atoms in total. The minimum absolute atomic E-state index is 0.149. The van der Waals surface area contributed by atoms with Crippen LogP contribution in [0.3, 0.4) is 0 Å². The summed E-state index contributed by atoms with van der Waals surface area (Å²) < 4.78 is 2.64. The van der Waals surface area contributed by atoms with E-state index in [-0.39, 0.29) is 5.41 Å². The SMILES string of the molecule is c1ccc(-c2cc3ccccc3cc2N(c2ccc3c(c2)sc2ccccc23)c2cccc3c2C24c5c(cccc5N(c5ccccc5)c5ccccc5)CC2CCC4C3)cc1. The Kier molecular flexibility index (Phi) is 8.11. The van der Waals surface area contributed by atoms with Gasteiger partial charge >= 0.3 is 0 Å². The second-order valence-corrected chi connectivity index (χ2v) is 18.7. The second kappa shape index (κ2) is 14.1. The predicted octanol–water partition coefficient (Wildman–Crippen LogP) is 16.2. The van der Waals surface area contributed by atoms with Crippen LogP contribution in [-0.2, 0) is 18.3 Å². The maximum absolute atomic E-state index is 2.66. The first kappa shape index (κ1) is 35.8. The number of anilines is 6. The van der Waals surface area contributed by atoms with Crippen molar-refractivity contribution in [2.24, 2.45) is 11.8 Å². The molecule has 0 N–H and O–H groups in total. The molecule has 62 heavy (non-hydrogen) atoms. The first-order valence-corrected chi connectivity index (χ1v) is 23.0. The maximum atomic E-state index is 2.66. The third-order valence-electron chi connectivity index (χ3n) is 14.5. The van der Waals surface area contributed by atoms with Gasteiger partial charge in [-0.3, -0.25) is 0 Å². The summed E-state index contributed by atoms with van der Waals surface area (Å²) in [5.74, 6) is 1.02. The number of fused-ring (bicyclic) bond motifs is 6. The van der Waals surface area contributed by atoms with Crippen molar-refractivity contribution >= 4 is 76.4 Å². The molecule has 3 atom stereocenters. The average Bonchev–Trinajstić information content (AvgIpc) is 4.07. The smallest absolute Gasteiger partial charge is 0.0546 e. The Labute approximate surface area is 367 Å². The van der Waals surface area contributed by atoms with Crippen molar-refractivity contribution in [3.05, 3.63) is 229 Å². The Balaban J connectivity index is 1.11. The van der Waals surface area contributed by atoms with Gasteiger partial charge in [-0.05, 0) is 143 Å². The molecule has 0 aliphatic heterocycles. The molecule has 10 aromatic rings. The van der Waals surface area contributed by atoms with Gasteiger partial charge in [-0.15, -0.1) is 11.3 Å². The second-order valence-electron chi connectivity index (χ2n) is 17.6. The van der Waals surface area contributed by atoms with Gasteiger partial charge in [0.1, 0.15) is 0 Å². The van der Waals surface area contributed by atoms with Crippen molar-refractivity contribution in [2.75, 3.05) is 9.80 Å². The van der Waals surface area contributed by atoms with Crippen LogP contribution in [-0.4, -0.2) is 0 Å². The zero-order chi connectivity index (χ0) is 40.8. The standard InChI is InChI=1S/C59H44N2S/c1-4-16-39(17-5-1)51-36-40-18-10-11-19-41(40)37-54(51)61(48-32-33-50-49-26-12-13-29-55(49)62-56(50)38-48)53-28-15-21-43-35-45-31-30-44-34-42-20-14-27-52(57(42)59(44,45)58(43)53)60(46-22-6-2-7-23-46)47-24-8-3-9-25-47/h1-29,32-33,36-38,44-45H,30-31,34-35H2. The van der Waals surface area contributed by atoms with Gasteiger partial charge in [0.15, 0.2) is 0 Å². The largest absolute Gasteiger partial charge is 0.310 e. The van der Waals surface area contributed by atoms with E-state index in [9.17, 15) is 0 Å². The molecule has 0 radical (unpaired) electrons. The summed E-state index contributed by atoms with van der Waals surface area (Å²) in [7, 11) is 0. The number of hydrogen-bond donors (Lipinski definition) is 0. The van der Waals surface area contributed by atoms with Gasteiger partial charge in [-0.25, -0.2) is 0 Å². The van der Waals surface area contributed by atoms with Gasteiger partial charge in [-0.1, -0.05) is 140 Å². The highest BCUT2D eigenvalue weighted by Crippen LogP contribution is 2.69. The van der Waals surface area contributed by atoms with Gasteiger partial charge < -0.3 is 9.80 Å². The number of rotatable bonds is 7. The Bertz CT molecular complexity index is 3290. The summed E-state index contributed by atoms with van der Waals surface area (Å²) in [6.07, 6.45) is 4.67. The molecule has 1 aromatic heterocycles. The van der Waals surface area contributed by atoms with Crippen LogP contribution in [0.5, 0.6) is 0 Å². The van der Waals surface area contributed by atoms with Crippen LogP contribution in [0.1, 0.15) is 35.1 Å². The lowest BCUT2D eigenvalue weighted by atomic mass is 9.68. The minimum atomic E-state index is -0.149. The molecule has 3 heteroatoms. The van der Waals surface area contributed by atoms with Crippen molar-refractivity contribution < 1.29 is 0 Å². The molecule has 0 saturated heterocycles. The highest BCUT2D eigenvalue weighted by atomic mass is 32.1. The molecule has 0 bridgehead atoms. The molecule has 3 aliphatic carbocycles. The van der Waals surface area contributed by atoms with E-state index < -0.39 is 0 Å². The third kappa shape index (κ3) is 5.28. The third-order valence-corrected chi connectivity index (χ3v) is 15.6. The van der Waals surface area contributed by atoms with Crippen molar-refractivity contribution in [3.8, 4) is 11.1 Å². The highest BCUT2D eigenvalue weighted by molar-refractivity contribution is 7.25. The fraction of sp³-hybridized carbons (Fsp3) is 0.119. The Morgan fingerprint density at radius 3 is 1.61 bits per heavy atom. The van der Waals surface area contributed by atoms with Gasteiger partial charge in [0.05, 0.1) is 17.1 Å². The number of hydrogen-bond acceptors (Lipinski definition) is 3. The molecule has 1 fully saturated rings. The Morgan fingerprint density at radius 2 is 0.952 bits per heavy atom. The molecule has 3 unspecified atom stereocenters. The molecular formula is C59H44N2S. The van der Waals surface area contributed by atoms with E-state index in [4.69, 9.17) is 0 Å². The fourth-order valence-electron chi connectivity index (χ4n) is 12.1. The zero-order valence-electron chi connectivity index (χ0n) is 34.4. The van der Waals surface area contributed by atoms with Crippen molar-refractivity contribution in [2.45, 2.75) is 31.1 Å². The highest BCUT2D eigenvalue weighted by Gasteiger charge is 2.62. The lowest BCUT2D eigenvalue weighted by Gasteiger charge is -2.40. The number of benzene rings is 9. The fourth-order valence-corrected chi connectivity index (χ4v) is 13.3. The van der Waals surface area contributed by atoms with Gasteiger partial charge in [-0.2, -0.15) is 0 Å². The van der Waals surface area contributed by atoms with Crippen LogP contribution in [0.25, 0.3) is 42.1 Å². The minimum Gasteiger partial charge on any atom is -0.310 e. The van der Waals surface area contributed by atoms with E-state index in [0.717, 1.165) is 12.8 Å². The number of thiophene rings is 1. The van der Waals surface area contributed by atoms with Gasteiger partial charge in [0.25, 0.3) is 0 Å². The summed E-state index contributed by atoms with van der Waals surface area (Å²) in [6.45, 7) is 0. The van der Waals surface area contributed by atoms with E-state index in [1.807, 2.05) is 11.3 Å². The van der Waals surface area contributed by atoms with E-state index >= 15 is 0 Å². The summed E-state index contributed by atoms with van der Waals surface area (Å²) in [6, 6.07) is 77.4. The van der Waals surface area contributed by atoms with Crippen molar-refractivity contribution in [3.63, 3.8) is 0 Å². The molecule has 1 heterocycles. The van der Waals surface area contributed by atoms with Crippen LogP contribution < -0.4 is 9.80 Å². The van der Waals surface area contributed by atoms with Crippen LogP contribution in [0, 0.1) is 11.8 Å². The van der Waals surface area contributed by atoms with Crippen molar-refractivity contribution in [1.82, 2.24) is 0 Å². The Hall–Kier alpha value is -6.94. The maximum Gasteiger partial charge on any atom is 0.0546 e. The monoisotopic (exact) mass is 812 g/mol. The van der Waals surface area contributed by atoms with Gasteiger partial charge in [0.2, 0.25) is 0 Å². The molecule has 9 aromatic carbocycles. The van der Waals surface area contributed by atoms with E-state index in [1.165, 1.54) is 111 Å². The summed E-state index contributed by atoms with van der Waals surface area (Å²) >= 11 is 1.90. The van der Waals surface area contributed by atoms with Crippen LogP contribution >= 0.6 is 11.3 Å². The molecule has 13 rings (SSSR count). The zero-order valence-corrected chi connectivity index (χ0v) is 35.2. The lowest BCUT2D eigenvalue weighted by Crippen LogP contribution is -2.34. The normalized spacial score (nSPS) is 18.5. The average molecular weight is 813 g/mol. The predicted molar refractivity (Wildman–Crippen MR) is 262 cm³/mol. The van der Waals surface area contributed by atoms with Gasteiger partial charge in [0, 0.05) is 48.2 Å².